The van der Waals surface area contributed by atoms with Crippen molar-refractivity contribution in [3.8, 4) is 0 Å². The normalized spacial score (nSPS) is 13.2. The molecule has 0 radical (unpaired) electrons. The molecule has 83 heavy (non-hydrogen) atoms. The molecule has 9 nitrogen and oxygen atoms in total. The third kappa shape index (κ3) is 65.9. The second-order valence-corrected chi connectivity index (χ2v) is 24.5. The van der Waals surface area contributed by atoms with Crippen molar-refractivity contribution in [1.82, 2.24) is 0 Å². The van der Waals surface area contributed by atoms with Gasteiger partial charge in [-0.05, 0) is 89.9 Å². The summed E-state index contributed by atoms with van der Waals surface area (Å²) in [6.07, 6.45) is 84.1. The molecule has 1 N–H and O–H groups in total. The fraction of sp³-hybridized carbons (Fsp3) is 0.770. The minimum atomic E-state index is -1.51. The number of carbonyl (C=O) groups excluding carboxylic acids is 2. The summed E-state index contributed by atoms with van der Waals surface area (Å²) in [5, 5.41) is 9.74. The summed E-state index contributed by atoms with van der Waals surface area (Å²) < 4.78 is 23.0. The summed E-state index contributed by atoms with van der Waals surface area (Å²) in [5.74, 6) is -1.99. The first kappa shape index (κ1) is 79.5. The zero-order valence-electron chi connectivity index (χ0n) is 54.8. The quantitative estimate of drug-likeness (QED) is 0.0211. The number of carboxylic acids is 1. The lowest BCUT2D eigenvalue weighted by Crippen LogP contribution is -2.40. The van der Waals surface area contributed by atoms with Gasteiger partial charge in [0.05, 0.1) is 34.4 Å². The molecule has 0 aromatic carbocycles. The van der Waals surface area contributed by atoms with E-state index in [1.165, 1.54) is 205 Å². The van der Waals surface area contributed by atoms with E-state index in [1.54, 1.807) is 0 Å². The minimum Gasteiger partial charge on any atom is -0.477 e. The van der Waals surface area contributed by atoms with Crippen LogP contribution in [0.15, 0.2) is 85.1 Å². The maximum atomic E-state index is 12.9. The Bertz CT molecular complexity index is 1640. The second kappa shape index (κ2) is 64.5. The molecule has 2 atom stereocenters. The Hall–Kier alpha value is -3.53. The number of nitrogens with zero attached hydrogens (tertiary/aromatic N) is 1. The third-order valence-electron chi connectivity index (χ3n) is 15.1. The fourth-order valence-electron chi connectivity index (χ4n) is 9.84. The number of unbranched alkanes of at least 4 members (excludes halogenated alkanes) is 35. The molecule has 0 saturated carbocycles. The molecule has 480 valence electrons. The molecule has 9 heteroatoms. The van der Waals surface area contributed by atoms with Crippen LogP contribution < -0.4 is 0 Å². The highest BCUT2D eigenvalue weighted by molar-refractivity contribution is 5.71. The Labute approximate surface area is 512 Å². The molecule has 0 heterocycles. The van der Waals surface area contributed by atoms with E-state index in [0.29, 0.717) is 17.4 Å². The molecule has 0 aliphatic carbocycles. The molecule has 0 aliphatic rings. The van der Waals surface area contributed by atoms with Gasteiger partial charge in [-0.1, -0.05) is 292 Å². The Balaban J connectivity index is 4.08. The molecule has 0 spiro atoms. The van der Waals surface area contributed by atoms with Crippen molar-refractivity contribution in [2.45, 2.75) is 322 Å². The Morgan fingerprint density at radius 3 is 1.02 bits per heavy atom. The highest BCUT2D eigenvalue weighted by atomic mass is 16.7. The monoisotopic (exact) mass is 1160 g/mol. The first-order valence-electron chi connectivity index (χ1n) is 34.8. The molecular weight excluding hydrogens is 1030 g/mol. The van der Waals surface area contributed by atoms with E-state index in [4.69, 9.17) is 18.9 Å². The second-order valence-electron chi connectivity index (χ2n) is 24.5. The van der Waals surface area contributed by atoms with Crippen molar-refractivity contribution in [3.63, 3.8) is 0 Å². The van der Waals surface area contributed by atoms with Crippen LogP contribution >= 0.6 is 0 Å². The van der Waals surface area contributed by atoms with Crippen molar-refractivity contribution < 1.29 is 42.9 Å². The number of esters is 2. The van der Waals surface area contributed by atoms with Crippen LogP contribution in [-0.2, 0) is 33.3 Å². The van der Waals surface area contributed by atoms with Crippen LogP contribution in [0.2, 0.25) is 0 Å². The van der Waals surface area contributed by atoms with Crippen LogP contribution in [0.25, 0.3) is 0 Å². The van der Waals surface area contributed by atoms with Gasteiger partial charge in [0, 0.05) is 12.8 Å². The summed E-state index contributed by atoms with van der Waals surface area (Å²) in [6.45, 7) is 4.79. The molecule has 0 rings (SSSR count). The first-order valence-corrected chi connectivity index (χ1v) is 34.8. The number of rotatable bonds is 64. The van der Waals surface area contributed by atoms with E-state index in [2.05, 4.69) is 98.9 Å². The predicted octanol–water partition coefficient (Wildman–Crippen LogP) is 21.5. The number of carbonyl (C=O) groups is 3. The number of aliphatic carboxylic acids is 1. The van der Waals surface area contributed by atoms with E-state index in [0.717, 1.165) is 77.0 Å². The van der Waals surface area contributed by atoms with Crippen LogP contribution in [0.5, 0.6) is 0 Å². The van der Waals surface area contributed by atoms with Crippen LogP contribution in [0.4, 0.5) is 0 Å². The largest absolute Gasteiger partial charge is 0.477 e. The molecule has 0 fully saturated rings. The standard InChI is InChI=1S/C74H131NO8/c1-6-8-10-12-14-16-18-20-22-24-26-28-30-31-32-33-34-35-36-37-38-39-40-41-43-45-47-49-51-53-55-57-59-61-63-65-72(77)83-70(69-82-74(73(78)79)80-67-66-75(3,4)5)68-81-71(76)64-62-60-58-56-54-52-50-48-46-44-42-29-27-25-23-21-19-17-15-13-11-9-7-2/h8,10,14,16,19-22,25-28,31-32,70,74H,6-7,9,11-13,15,17-18,23-24,29-30,33-69H2,1-5H3/p+1/b10-8-,16-14-,21-19-,22-20-,27-25-,28-26-,32-31-. The molecule has 2 unspecified atom stereocenters. The van der Waals surface area contributed by atoms with E-state index in [9.17, 15) is 19.5 Å². The van der Waals surface area contributed by atoms with Gasteiger partial charge in [0.25, 0.3) is 6.29 Å². The number of quaternary nitrogens is 1. The van der Waals surface area contributed by atoms with Crippen molar-refractivity contribution in [1.29, 1.82) is 0 Å². The topological polar surface area (TPSA) is 108 Å². The van der Waals surface area contributed by atoms with Crippen molar-refractivity contribution in [3.05, 3.63) is 85.1 Å². The Morgan fingerprint density at radius 1 is 0.373 bits per heavy atom. The van der Waals surface area contributed by atoms with Crippen molar-refractivity contribution in [2.24, 2.45) is 0 Å². The van der Waals surface area contributed by atoms with Gasteiger partial charge in [0.2, 0.25) is 0 Å². The maximum Gasteiger partial charge on any atom is 0.361 e. The number of hydrogen-bond acceptors (Lipinski definition) is 7. The van der Waals surface area contributed by atoms with Gasteiger partial charge in [-0.15, -0.1) is 0 Å². The SMILES string of the molecule is CC/C=C\C/C=C\C/C=C\C/C=C\C/C=C\CCCCCCCCCCCCCCCCCCCCCC(=O)OC(COC(=O)CCCCCCCCCCCCC/C=C\C/C=C\CCCCCCC)COC(OCC[N+](C)(C)C)C(=O)O. The van der Waals surface area contributed by atoms with E-state index in [1.807, 2.05) is 21.1 Å². The van der Waals surface area contributed by atoms with E-state index >= 15 is 0 Å². The van der Waals surface area contributed by atoms with Gasteiger partial charge >= 0.3 is 17.9 Å². The number of carboxylic acid groups (broad SMARTS) is 1. The van der Waals surface area contributed by atoms with Crippen molar-refractivity contribution in [2.75, 3.05) is 47.5 Å². The van der Waals surface area contributed by atoms with Gasteiger partial charge in [-0.3, -0.25) is 9.59 Å². The summed E-state index contributed by atoms with van der Waals surface area (Å²) in [4.78, 5) is 37.6. The summed E-state index contributed by atoms with van der Waals surface area (Å²) >= 11 is 0. The molecule has 0 amide bonds. The van der Waals surface area contributed by atoms with Gasteiger partial charge in [-0.25, -0.2) is 4.79 Å². The molecule has 0 saturated heterocycles. The van der Waals surface area contributed by atoms with E-state index in [-0.39, 0.29) is 32.2 Å². The molecule has 0 bridgehead atoms. The summed E-state index contributed by atoms with van der Waals surface area (Å²) in [6, 6.07) is 0. The van der Waals surface area contributed by atoms with Crippen LogP contribution in [0.3, 0.4) is 0 Å². The zero-order valence-corrected chi connectivity index (χ0v) is 54.8. The number of likely N-dealkylation sites (N-methyl/N-ethyl adjacent to an activating group) is 1. The van der Waals surface area contributed by atoms with Gasteiger partial charge < -0.3 is 28.5 Å². The lowest BCUT2D eigenvalue weighted by atomic mass is 10.0. The average molecular weight is 1160 g/mol. The van der Waals surface area contributed by atoms with Crippen LogP contribution in [0.1, 0.15) is 309 Å². The van der Waals surface area contributed by atoms with Crippen LogP contribution in [0, 0.1) is 0 Å². The Morgan fingerprint density at radius 2 is 0.687 bits per heavy atom. The van der Waals surface area contributed by atoms with Gasteiger partial charge in [-0.2, -0.15) is 0 Å². The predicted molar refractivity (Wildman–Crippen MR) is 355 cm³/mol. The van der Waals surface area contributed by atoms with Gasteiger partial charge in [0.15, 0.2) is 6.10 Å². The lowest BCUT2D eigenvalue weighted by Gasteiger charge is -2.25. The minimum absolute atomic E-state index is 0.182. The summed E-state index contributed by atoms with van der Waals surface area (Å²) in [5.41, 5.74) is 0. The zero-order chi connectivity index (χ0) is 60.5. The Kier molecular flexibility index (Phi) is 61.7. The molecule has 0 aromatic rings. The number of allylic oxidation sites excluding steroid dienone is 14. The maximum absolute atomic E-state index is 12.9. The first-order chi connectivity index (χ1) is 40.6. The summed E-state index contributed by atoms with van der Waals surface area (Å²) in [7, 11) is 5.98. The average Bonchev–Trinajstić information content (AvgIpc) is 3.46. The molecule has 0 aromatic heterocycles. The highest BCUT2D eigenvalue weighted by Crippen LogP contribution is 2.18. The van der Waals surface area contributed by atoms with E-state index < -0.39 is 24.3 Å². The number of hydrogen-bond donors (Lipinski definition) is 1. The smallest absolute Gasteiger partial charge is 0.361 e. The number of ether oxygens (including phenoxy) is 4. The van der Waals surface area contributed by atoms with Gasteiger partial charge in [0.1, 0.15) is 13.2 Å². The molecule has 0 aliphatic heterocycles. The molecular formula is C74H132NO8+. The lowest BCUT2D eigenvalue weighted by molar-refractivity contribution is -0.870. The third-order valence-corrected chi connectivity index (χ3v) is 15.1. The van der Waals surface area contributed by atoms with Crippen LogP contribution in [-0.4, -0.2) is 87.4 Å². The highest BCUT2D eigenvalue weighted by Gasteiger charge is 2.25. The van der Waals surface area contributed by atoms with Crippen molar-refractivity contribution >= 4 is 17.9 Å². The fourth-order valence-corrected chi connectivity index (χ4v) is 9.84.